The van der Waals surface area contributed by atoms with Crippen molar-refractivity contribution in [3.63, 3.8) is 0 Å². The highest BCUT2D eigenvalue weighted by atomic mass is 127. The molecule has 0 N–H and O–H groups in total. The summed E-state index contributed by atoms with van der Waals surface area (Å²) < 4.78 is 15.9. The van der Waals surface area contributed by atoms with Crippen LogP contribution in [0.15, 0.2) is 39.7 Å². The average molecular weight is 409 g/mol. The van der Waals surface area contributed by atoms with Gasteiger partial charge in [0.15, 0.2) is 0 Å². The van der Waals surface area contributed by atoms with Crippen molar-refractivity contribution in [2.75, 3.05) is 0 Å². The maximum Gasteiger partial charge on any atom is 0.268 e. The van der Waals surface area contributed by atoms with E-state index in [9.17, 15) is 9.18 Å². The Balaban J connectivity index is 2.34. The van der Waals surface area contributed by atoms with E-state index in [0.717, 1.165) is 3.57 Å². The molecular formula is C11H7BrFIN2O. The van der Waals surface area contributed by atoms with Crippen LogP contribution in [0.3, 0.4) is 0 Å². The van der Waals surface area contributed by atoms with Gasteiger partial charge in [-0.05, 0) is 46.4 Å². The van der Waals surface area contributed by atoms with Gasteiger partial charge in [0.1, 0.15) is 5.82 Å². The van der Waals surface area contributed by atoms with E-state index in [1.54, 1.807) is 12.3 Å². The second-order valence-electron chi connectivity index (χ2n) is 3.45. The van der Waals surface area contributed by atoms with Crippen molar-refractivity contribution in [2.24, 2.45) is 0 Å². The van der Waals surface area contributed by atoms with Crippen LogP contribution in [-0.2, 0) is 6.54 Å². The average Bonchev–Trinajstić information content (AvgIpc) is 2.21. The van der Waals surface area contributed by atoms with Crippen LogP contribution in [0.25, 0.3) is 0 Å². The van der Waals surface area contributed by atoms with E-state index in [4.69, 9.17) is 0 Å². The van der Waals surface area contributed by atoms with E-state index in [2.05, 4.69) is 21.0 Å². The third kappa shape index (κ3) is 3.35. The quantitative estimate of drug-likeness (QED) is 0.716. The zero-order valence-electron chi connectivity index (χ0n) is 8.53. The van der Waals surface area contributed by atoms with E-state index < -0.39 is 0 Å². The zero-order valence-corrected chi connectivity index (χ0v) is 12.3. The number of nitrogens with zero attached hydrogens (tertiary/aromatic N) is 2. The lowest BCUT2D eigenvalue weighted by Crippen LogP contribution is -2.22. The summed E-state index contributed by atoms with van der Waals surface area (Å²) in [4.78, 5) is 11.6. The van der Waals surface area contributed by atoms with Crippen molar-refractivity contribution < 1.29 is 4.39 Å². The van der Waals surface area contributed by atoms with E-state index in [1.165, 1.54) is 22.9 Å². The summed E-state index contributed by atoms with van der Waals surface area (Å²) in [6, 6.07) is 6.00. The zero-order chi connectivity index (χ0) is 12.4. The molecule has 0 amide bonds. The minimum absolute atomic E-state index is 0.197. The fraction of sp³-hybridized carbons (Fsp3) is 0.0909. The van der Waals surface area contributed by atoms with Crippen LogP contribution in [0.1, 0.15) is 5.56 Å². The Morgan fingerprint density at radius 2 is 2.12 bits per heavy atom. The number of rotatable bonds is 2. The predicted molar refractivity (Wildman–Crippen MR) is 74.4 cm³/mol. The molecule has 1 heterocycles. The summed E-state index contributed by atoms with van der Waals surface area (Å²) in [6.45, 7) is 0.256. The summed E-state index contributed by atoms with van der Waals surface area (Å²) in [7, 11) is 0. The topological polar surface area (TPSA) is 34.9 Å². The maximum absolute atomic E-state index is 13.2. The lowest BCUT2D eigenvalue weighted by atomic mass is 10.2. The van der Waals surface area contributed by atoms with Gasteiger partial charge in [-0.3, -0.25) is 4.79 Å². The van der Waals surface area contributed by atoms with Crippen LogP contribution in [-0.4, -0.2) is 9.78 Å². The molecule has 2 rings (SSSR count). The van der Waals surface area contributed by atoms with Gasteiger partial charge in [0.25, 0.3) is 5.56 Å². The van der Waals surface area contributed by atoms with Gasteiger partial charge in [-0.1, -0.05) is 15.9 Å². The van der Waals surface area contributed by atoms with Gasteiger partial charge < -0.3 is 0 Å². The SMILES string of the molecule is O=c1cc(I)cnn1Cc1cc(F)cc(Br)c1. The number of hydrogen-bond acceptors (Lipinski definition) is 2. The number of hydrogen-bond donors (Lipinski definition) is 0. The highest BCUT2D eigenvalue weighted by Gasteiger charge is 2.03. The first kappa shape index (κ1) is 12.7. The molecule has 0 aliphatic rings. The minimum Gasteiger partial charge on any atom is -0.268 e. The first-order valence-corrected chi connectivity index (χ1v) is 6.59. The van der Waals surface area contributed by atoms with Crippen molar-refractivity contribution in [3.8, 4) is 0 Å². The van der Waals surface area contributed by atoms with Gasteiger partial charge in [-0.15, -0.1) is 0 Å². The predicted octanol–water partition coefficient (Wildman–Crippen LogP) is 2.80. The summed E-state index contributed by atoms with van der Waals surface area (Å²) in [5, 5.41) is 3.99. The minimum atomic E-state index is -0.340. The molecule has 0 aliphatic heterocycles. The molecule has 1 aromatic carbocycles. The van der Waals surface area contributed by atoms with Crippen molar-refractivity contribution in [1.82, 2.24) is 9.78 Å². The number of benzene rings is 1. The third-order valence-corrected chi connectivity index (χ3v) is 3.14. The van der Waals surface area contributed by atoms with Crippen molar-refractivity contribution in [3.05, 3.63) is 60.2 Å². The summed E-state index contributed by atoms with van der Waals surface area (Å²) in [5.74, 6) is -0.340. The molecule has 0 unspecified atom stereocenters. The molecule has 0 fully saturated rings. The molecule has 0 aliphatic carbocycles. The number of halogens is 3. The monoisotopic (exact) mass is 408 g/mol. The first-order chi connectivity index (χ1) is 8.04. The Labute approximate surface area is 119 Å². The molecule has 0 saturated carbocycles. The lowest BCUT2D eigenvalue weighted by Gasteiger charge is -2.05. The Morgan fingerprint density at radius 3 is 2.76 bits per heavy atom. The van der Waals surface area contributed by atoms with Crippen LogP contribution >= 0.6 is 38.5 Å². The Morgan fingerprint density at radius 1 is 1.35 bits per heavy atom. The second-order valence-corrected chi connectivity index (χ2v) is 5.61. The normalized spacial score (nSPS) is 10.5. The van der Waals surface area contributed by atoms with Crippen LogP contribution in [0, 0.1) is 9.39 Å². The molecule has 0 atom stereocenters. The molecule has 2 aromatic rings. The van der Waals surface area contributed by atoms with E-state index in [0.29, 0.717) is 10.0 Å². The summed E-state index contributed by atoms with van der Waals surface area (Å²) in [5.41, 5.74) is 0.491. The van der Waals surface area contributed by atoms with E-state index in [1.807, 2.05) is 22.6 Å². The standard InChI is InChI=1S/C11H7BrFIN2O/c12-8-1-7(2-9(13)3-8)6-16-11(17)4-10(14)5-15-16/h1-5H,6H2. The molecule has 3 nitrogen and oxygen atoms in total. The molecule has 1 aromatic heterocycles. The Bertz CT molecular complexity index is 594. The van der Waals surface area contributed by atoms with Crippen molar-refractivity contribution in [1.29, 1.82) is 0 Å². The van der Waals surface area contributed by atoms with Gasteiger partial charge >= 0.3 is 0 Å². The fourth-order valence-electron chi connectivity index (χ4n) is 1.41. The van der Waals surface area contributed by atoms with E-state index >= 15 is 0 Å². The second kappa shape index (κ2) is 5.26. The van der Waals surface area contributed by atoms with Gasteiger partial charge in [-0.25, -0.2) is 9.07 Å². The van der Waals surface area contributed by atoms with Crippen molar-refractivity contribution >= 4 is 38.5 Å². The summed E-state index contributed by atoms with van der Waals surface area (Å²) in [6.07, 6.45) is 1.59. The van der Waals surface area contributed by atoms with Gasteiger partial charge in [0.05, 0.1) is 12.7 Å². The lowest BCUT2D eigenvalue weighted by molar-refractivity contribution is 0.609. The molecule has 6 heteroatoms. The molecule has 88 valence electrons. The molecule has 0 radical (unpaired) electrons. The molecule has 0 saturated heterocycles. The Hall–Kier alpha value is -0.760. The first-order valence-electron chi connectivity index (χ1n) is 4.72. The van der Waals surface area contributed by atoms with Crippen LogP contribution < -0.4 is 5.56 Å². The number of aromatic nitrogens is 2. The molecule has 17 heavy (non-hydrogen) atoms. The van der Waals surface area contributed by atoms with Gasteiger partial charge in [0, 0.05) is 14.1 Å². The van der Waals surface area contributed by atoms with Crippen LogP contribution in [0.5, 0.6) is 0 Å². The largest absolute Gasteiger partial charge is 0.268 e. The van der Waals surface area contributed by atoms with Crippen molar-refractivity contribution in [2.45, 2.75) is 6.54 Å². The highest BCUT2D eigenvalue weighted by molar-refractivity contribution is 14.1. The van der Waals surface area contributed by atoms with Gasteiger partial charge in [0.2, 0.25) is 0 Å². The molecule has 0 spiro atoms. The van der Waals surface area contributed by atoms with Crippen LogP contribution in [0.2, 0.25) is 0 Å². The van der Waals surface area contributed by atoms with Crippen LogP contribution in [0.4, 0.5) is 4.39 Å². The third-order valence-electron chi connectivity index (χ3n) is 2.09. The fourth-order valence-corrected chi connectivity index (χ4v) is 2.31. The van der Waals surface area contributed by atoms with Gasteiger partial charge in [-0.2, -0.15) is 5.10 Å². The molecular weight excluding hydrogens is 402 g/mol. The summed E-state index contributed by atoms with van der Waals surface area (Å²) >= 11 is 5.23. The van der Waals surface area contributed by atoms with E-state index in [-0.39, 0.29) is 17.9 Å². The Kier molecular flexibility index (Phi) is 3.93. The highest BCUT2D eigenvalue weighted by Crippen LogP contribution is 2.15. The smallest absolute Gasteiger partial charge is 0.268 e. The maximum atomic E-state index is 13.2. The molecule has 0 bridgehead atoms.